The van der Waals surface area contributed by atoms with Crippen LogP contribution in [0.2, 0.25) is 0 Å². The van der Waals surface area contributed by atoms with Gasteiger partial charge in [-0.2, -0.15) is 0 Å². The fourth-order valence-corrected chi connectivity index (χ4v) is 2.99. The van der Waals surface area contributed by atoms with Crippen LogP contribution in [0.25, 0.3) is 0 Å². The lowest BCUT2D eigenvalue weighted by Crippen LogP contribution is -2.59. The van der Waals surface area contributed by atoms with Crippen LogP contribution in [0, 0.1) is 0 Å². The number of carbonyl (C=O) groups excluding carboxylic acids is 3. The van der Waals surface area contributed by atoms with Crippen LogP contribution in [-0.2, 0) is 30.4 Å². The number of aromatic amines is 1. The van der Waals surface area contributed by atoms with E-state index in [-0.39, 0.29) is 12.8 Å². The summed E-state index contributed by atoms with van der Waals surface area (Å²) in [6.45, 7) is 1.62. The van der Waals surface area contributed by atoms with Crippen LogP contribution < -0.4 is 27.4 Å². The molecule has 15 nitrogen and oxygen atoms in total. The number of aliphatic hydroxyl groups excluding tert-OH is 1. The molecular weight excluding hydrogens is 466 g/mol. The molecule has 5 unspecified atom stereocenters. The molecule has 196 valence electrons. The zero-order chi connectivity index (χ0) is 26.5. The highest BCUT2D eigenvalue weighted by Gasteiger charge is 2.32. The highest BCUT2D eigenvalue weighted by molar-refractivity contribution is 5.95. The van der Waals surface area contributed by atoms with Crippen molar-refractivity contribution in [3.63, 3.8) is 0 Å². The molecule has 3 amide bonds. The standard InChI is InChI=1S/C20H33N7O8/c1-10(28)16(22)19(33)27-13(6-11-8-23-9-24-11)17(31)26-14(7-15(29)30)18(32)25-12(20(34)35)4-2-3-5-21/h8-10,12-14,16,28H,2-7,21-22H2,1H3,(H,23,24)(H,25,32)(H,26,31)(H,27,33)(H,29,30)(H,34,35). The van der Waals surface area contributed by atoms with Gasteiger partial charge in [0.2, 0.25) is 17.7 Å². The number of H-pyrrole nitrogens is 1. The van der Waals surface area contributed by atoms with E-state index in [9.17, 15) is 39.3 Å². The first-order valence-corrected chi connectivity index (χ1v) is 10.9. The number of carboxylic acids is 2. The minimum absolute atomic E-state index is 0.0573. The predicted molar refractivity (Wildman–Crippen MR) is 121 cm³/mol. The third-order valence-electron chi connectivity index (χ3n) is 5.01. The Balaban J connectivity index is 3.03. The molecule has 35 heavy (non-hydrogen) atoms. The predicted octanol–water partition coefficient (Wildman–Crippen LogP) is -3.20. The summed E-state index contributed by atoms with van der Waals surface area (Å²) in [6.07, 6.45) is 1.54. The Morgan fingerprint density at radius 3 is 2.11 bits per heavy atom. The zero-order valence-electron chi connectivity index (χ0n) is 19.3. The molecule has 0 radical (unpaired) electrons. The molecule has 0 aromatic carbocycles. The van der Waals surface area contributed by atoms with Gasteiger partial charge in [0.05, 0.1) is 18.9 Å². The van der Waals surface area contributed by atoms with E-state index < -0.39 is 66.4 Å². The summed E-state index contributed by atoms with van der Waals surface area (Å²) in [5, 5.41) is 34.9. The molecule has 0 bridgehead atoms. The summed E-state index contributed by atoms with van der Waals surface area (Å²) in [7, 11) is 0. The first kappa shape index (κ1) is 29.5. The van der Waals surface area contributed by atoms with Gasteiger partial charge in [-0.05, 0) is 32.7 Å². The Labute approximate surface area is 201 Å². The summed E-state index contributed by atoms with van der Waals surface area (Å²) < 4.78 is 0. The highest BCUT2D eigenvalue weighted by Crippen LogP contribution is 2.05. The Morgan fingerprint density at radius 2 is 1.60 bits per heavy atom. The van der Waals surface area contributed by atoms with Crippen molar-refractivity contribution in [1.82, 2.24) is 25.9 Å². The van der Waals surface area contributed by atoms with Crippen molar-refractivity contribution in [3.8, 4) is 0 Å². The number of amides is 3. The molecule has 0 spiro atoms. The summed E-state index contributed by atoms with van der Waals surface area (Å²) >= 11 is 0. The van der Waals surface area contributed by atoms with Gasteiger partial charge >= 0.3 is 11.9 Å². The number of hydrogen-bond acceptors (Lipinski definition) is 9. The fourth-order valence-electron chi connectivity index (χ4n) is 2.99. The second-order valence-corrected chi connectivity index (χ2v) is 7.95. The summed E-state index contributed by atoms with van der Waals surface area (Å²) in [5.74, 6) is -5.56. The maximum atomic E-state index is 13.0. The molecule has 0 aliphatic carbocycles. The number of nitrogens with zero attached hydrogens (tertiary/aromatic N) is 1. The van der Waals surface area contributed by atoms with Gasteiger partial charge in [-0.25, -0.2) is 9.78 Å². The summed E-state index contributed by atoms with van der Waals surface area (Å²) in [5.41, 5.74) is 11.4. The van der Waals surface area contributed by atoms with Crippen molar-refractivity contribution in [3.05, 3.63) is 18.2 Å². The minimum atomic E-state index is -1.64. The minimum Gasteiger partial charge on any atom is -0.481 e. The van der Waals surface area contributed by atoms with Crippen molar-refractivity contribution in [2.75, 3.05) is 6.54 Å². The number of hydrogen-bond donors (Lipinski definition) is 9. The number of carboxylic acid groups (broad SMARTS) is 2. The first-order chi connectivity index (χ1) is 16.5. The molecular formula is C20H33N7O8. The van der Waals surface area contributed by atoms with Crippen LogP contribution in [0.4, 0.5) is 0 Å². The molecule has 0 fully saturated rings. The number of rotatable bonds is 16. The third-order valence-corrected chi connectivity index (χ3v) is 5.01. The number of aromatic nitrogens is 2. The molecule has 0 aliphatic heterocycles. The largest absolute Gasteiger partial charge is 0.481 e. The van der Waals surface area contributed by atoms with Gasteiger partial charge in [-0.1, -0.05) is 0 Å². The molecule has 11 N–H and O–H groups in total. The van der Waals surface area contributed by atoms with Crippen molar-refractivity contribution < 1.29 is 39.3 Å². The van der Waals surface area contributed by atoms with Crippen LogP contribution >= 0.6 is 0 Å². The lowest BCUT2D eigenvalue weighted by Gasteiger charge is -2.25. The number of carbonyl (C=O) groups is 5. The Kier molecular flexibility index (Phi) is 12.3. The van der Waals surface area contributed by atoms with Crippen molar-refractivity contribution in [2.24, 2.45) is 11.5 Å². The number of nitrogens with one attached hydrogen (secondary N) is 4. The number of aliphatic carboxylic acids is 2. The smallest absolute Gasteiger partial charge is 0.326 e. The van der Waals surface area contributed by atoms with Crippen LogP contribution in [0.1, 0.15) is 38.3 Å². The SMILES string of the molecule is CC(O)C(N)C(=O)NC(Cc1cnc[nH]1)C(=O)NC(CC(=O)O)C(=O)NC(CCCCN)C(=O)O. The van der Waals surface area contributed by atoms with E-state index in [0.29, 0.717) is 25.1 Å². The number of aliphatic hydroxyl groups is 1. The summed E-state index contributed by atoms with van der Waals surface area (Å²) in [6, 6.07) is -5.62. The lowest BCUT2D eigenvalue weighted by atomic mass is 10.1. The average Bonchev–Trinajstić information content (AvgIpc) is 3.29. The second-order valence-electron chi connectivity index (χ2n) is 7.95. The quantitative estimate of drug-likeness (QED) is 0.102. The summed E-state index contributed by atoms with van der Waals surface area (Å²) in [4.78, 5) is 67.3. The molecule has 1 aromatic heterocycles. The van der Waals surface area contributed by atoms with Gasteiger partial charge in [0.1, 0.15) is 24.2 Å². The maximum Gasteiger partial charge on any atom is 0.326 e. The first-order valence-electron chi connectivity index (χ1n) is 10.9. The third kappa shape index (κ3) is 10.5. The molecule has 1 rings (SSSR count). The topological polar surface area (TPSA) is 263 Å². The fraction of sp³-hybridized carbons (Fsp3) is 0.600. The van der Waals surface area contributed by atoms with E-state index in [4.69, 9.17) is 11.5 Å². The lowest BCUT2D eigenvalue weighted by molar-refractivity contribution is -0.143. The molecule has 5 atom stereocenters. The van der Waals surface area contributed by atoms with E-state index in [1.807, 2.05) is 0 Å². The average molecular weight is 500 g/mol. The Morgan fingerprint density at radius 1 is 1.00 bits per heavy atom. The molecule has 0 aliphatic rings. The second kappa shape index (κ2) is 14.6. The monoisotopic (exact) mass is 499 g/mol. The number of nitrogens with two attached hydrogens (primary N) is 2. The number of unbranched alkanes of at least 4 members (excludes halogenated alkanes) is 1. The van der Waals surface area contributed by atoms with Gasteiger partial charge in [0.15, 0.2) is 0 Å². The van der Waals surface area contributed by atoms with E-state index in [2.05, 4.69) is 25.9 Å². The molecule has 15 heteroatoms. The van der Waals surface area contributed by atoms with Crippen LogP contribution in [0.5, 0.6) is 0 Å². The van der Waals surface area contributed by atoms with Crippen LogP contribution in [-0.4, -0.2) is 91.8 Å². The molecule has 1 aromatic rings. The van der Waals surface area contributed by atoms with Gasteiger partial charge in [-0.15, -0.1) is 0 Å². The van der Waals surface area contributed by atoms with Crippen LogP contribution in [0.15, 0.2) is 12.5 Å². The molecule has 1 heterocycles. The van der Waals surface area contributed by atoms with Gasteiger partial charge in [0, 0.05) is 18.3 Å². The van der Waals surface area contributed by atoms with E-state index in [1.165, 1.54) is 19.4 Å². The number of imidazole rings is 1. The maximum absolute atomic E-state index is 13.0. The molecule has 0 saturated heterocycles. The van der Waals surface area contributed by atoms with Gasteiger partial charge in [-0.3, -0.25) is 19.2 Å². The zero-order valence-corrected chi connectivity index (χ0v) is 19.3. The molecule has 0 saturated carbocycles. The van der Waals surface area contributed by atoms with Crippen molar-refractivity contribution in [1.29, 1.82) is 0 Å². The van der Waals surface area contributed by atoms with Crippen molar-refractivity contribution in [2.45, 2.75) is 69.3 Å². The Bertz CT molecular complexity index is 862. The van der Waals surface area contributed by atoms with E-state index >= 15 is 0 Å². The van der Waals surface area contributed by atoms with Gasteiger partial charge < -0.3 is 47.7 Å². The van der Waals surface area contributed by atoms with Crippen LogP contribution in [0.3, 0.4) is 0 Å². The van der Waals surface area contributed by atoms with Gasteiger partial charge in [0.25, 0.3) is 0 Å². The Hall–Kier alpha value is -3.56. The van der Waals surface area contributed by atoms with E-state index in [1.54, 1.807) is 0 Å². The van der Waals surface area contributed by atoms with E-state index in [0.717, 1.165) is 0 Å². The highest BCUT2D eigenvalue weighted by atomic mass is 16.4. The van der Waals surface area contributed by atoms with Crippen molar-refractivity contribution >= 4 is 29.7 Å². The normalized spacial score (nSPS) is 15.2.